The Morgan fingerprint density at radius 3 is 2.61 bits per heavy atom. The van der Waals surface area contributed by atoms with Crippen molar-refractivity contribution in [3.05, 3.63) is 75.7 Å². The van der Waals surface area contributed by atoms with Crippen LogP contribution in [0.25, 0.3) is 22.7 Å². The minimum absolute atomic E-state index is 0.0175. The number of carbonyl (C=O) groups excluding carboxylic acids is 2. The Kier molecular flexibility index (Phi) is 8.49. The maximum atomic E-state index is 13.6. The van der Waals surface area contributed by atoms with E-state index in [0.717, 1.165) is 0 Å². The van der Waals surface area contributed by atoms with Gasteiger partial charge in [-0.3, -0.25) is 24.5 Å². The number of fused-ring (bicyclic) bond motifs is 1. The molecule has 17 nitrogen and oxygen atoms in total. The van der Waals surface area contributed by atoms with Crippen molar-refractivity contribution in [2.45, 2.75) is 12.5 Å². The molecule has 0 bridgehead atoms. The molecule has 1 amide bonds. The number of halogens is 1. The normalized spacial score (nSPS) is 11.7. The van der Waals surface area contributed by atoms with Gasteiger partial charge in [0.2, 0.25) is 5.88 Å². The molecule has 19 heteroatoms. The molecule has 4 N–H and O–H groups in total. The summed E-state index contributed by atoms with van der Waals surface area (Å²) in [5.74, 6) is -3.17. The maximum Gasteiger partial charge on any atom is 0.324 e. The Balaban J connectivity index is 1.39. The SMILES string of the molecule is N[C@@H](CC(=O)OCCOc1ccn(-c2nc(NC(=O)c3ccc([N+](=O)[O-])s3)c3cnn(-c4ccc(F)cc4)c3n2)n1)C(=O)O. The molecule has 0 fully saturated rings. The number of hydrogen-bond acceptors (Lipinski definition) is 13. The summed E-state index contributed by atoms with van der Waals surface area (Å²) in [6, 6.07) is 8.06. The highest BCUT2D eigenvalue weighted by molar-refractivity contribution is 7.17. The molecular weight excluding hydrogens is 605 g/mol. The number of rotatable bonds is 12. The van der Waals surface area contributed by atoms with Gasteiger partial charge in [0.05, 0.1) is 33.5 Å². The van der Waals surface area contributed by atoms with E-state index in [1.165, 1.54) is 64.2 Å². The van der Waals surface area contributed by atoms with E-state index in [9.17, 15) is 28.9 Å². The van der Waals surface area contributed by atoms with Gasteiger partial charge < -0.3 is 25.6 Å². The number of nitrogens with two attached hydrogens (primary N) is 1. The van der Waals surface area contributed by atoms with Gasteiger partial charge in [-0.15, -0.1) is 5.10 Å². The van der Waals surface area contributed by atoms with Crippen molar-refractivity contribution in [2.24, 2.45) is 5.73 Å². The molecule has 44 heavy (non-hydrogen) atoms. The zero-order valence-corrected chi connectivity index (χ0v) is 23.0. The predicted molar refractivity (Wildman–Crippen MR) is 149 cm³/mol. The van der Waals surface area contributed by atoms with E-state index < -0.39 is 41.0 Å². The Hall–Kier alpha value is -5.82. The van der Waals surface area contributed by atoms with Crippen LogP contribution in [0.3, 0.4) is 0 Å². The molecule has 0 saturated heterocycles. The molecule has 0 unspecified atom stereocenters. The van der Waals surface area contributed by atoms with E-state index in [1.54, 1.807) is 0 Å². The molecule has 0 radical (unpaired) electrons. The monoisotopic (exact) mass is 625 g/mol. The summed E-state index contributed by atoms with van der Waals surface area (Å²) in [6.45, 7) is -0.315. The lowest BCUT2D eigenvalue weighted by Gasteiger charge is -2.09. The molecule has 1 atom stereocenters. The standard InChI is InChI=1S/C25H20FN9O8S/c26-13-1-3-14(4-2-13)34-22-15(12-28-34)21(29-23(37)17-5-6-19(44-17)35(40)41)30-25(31-22)33-8-7-18(32-33)42-9-10-43-20(36)11-16(27)24(38)39/h1-8,12,16H,9-11,27H2,(H,38,39)(H,29,30,31,37)/t16-/m0/s1. The van der Waals surface area contributed by atoms with Gasteiger partial charge in [-0.05, 0) is 30.3 Å². The first-order valence-electron chi connectivity index (χ1n) is 12.5. The molecule has 0 aliphatic heterocycles. The molecule has 4 aromatic heterocycles. The number of nitro groups is 1. The highest BCUT2D eigenvalue weighted by Gasteiger charge is 2.21. The third-order valence-corrected chi connectivity index (χ3v) is 6.82. The van der Waals surface area contributed by atoms with Gasteiger partial charge in [-0.2, -0.15) is 15.1 Å². The number of anilines is 1. The fourth-order valence-electron chi connectivity index (χ4n) is 3.71. The van der Waals surface area contributed by atoms with E-state index in [4.69, 9.17) is 20.3 Å². The molecular formula is C25H20FN9O8S. The van der Waals surface area contributed by atoms with Crippen molar-refractivity contribution in [1.82, 2.24) is 29.5 Å². The molecule has 0 aliphatic carbocycles. The Bertz CT molecular complexity index is 1870. The Morgan fingerprint density at radius 2 is 1.91 bits per heavy atom. The topological polar surface area (TPSA) is 233 Å². The van der Waals surface area contributed by atoms with Crippen molar-refractivity contribution in [2.75, 3.05) is 18.5 Å². The van der Waals surface area contributed by atoms with Crippen LogP contribution >= 0.6 is 11.3 Å². The summed E-state index contributed by atoms with van der Waals surface area (Å²) in [7, 11) is 0. The minimum atomic E-state index is -1.38. The van der Waals surface area contributed by atoms with Crippen LogP contribution in [-0.4, -0.2) is 76.7 Å². The van der Waals surface area contributed by atoms with E-state index in [1.807, 2.05) is 0 Å². The van der Waals surface area contributed by atoms with E-state index in [2.05, 4.69) is 25.5 Å². The number of aliphatic carboxylic acids is 1. The van der Waals surface area contributed by atoms with Gasteiger partial charge in [0.15, 0.2) is 5.65 Å². The summed E-state index contributed by atoms with van der Waals surface area (Å²) < 4.78 is 26.6. The van der Waals surface area contributed by atoms with Crippen LogP contribution in [0, 0.1) is 15.9 Å². The fraction of sp³-hybridized carbons (Fsp3) is 0.160. The van der Waals surface area contributed by atoms with Crippen LogP contribution in [0.15, 0.2) is 54.9 Å². The van der Waals surface area contributed by atoms with Crippen LogP contribution in [0.1, 0.15) is 16.1 Å². The second-order valence-electron chi connectivity index (χ2n) is 8.81. The van der Waals surface area contributed by atoms with E-state index in [0.29, 0.717) is 22.4 Å². The molecule has 1 aromatic carbocycles. The van der Waals surface area contributed by atoms with Crippen LogP contribution in [-0.2, 0) is 14.3 Å². The first-order valence-corrected chi connectivity index (χ1v) is 13.3. The average molecular weight is 626 g/mol. The maximum absolute atomic E-state index is 13.6. The van der Waals surface area contributed by atoms with Gasteiger partial charge >= 0.3 is 16.9 Å². The third-order valence-electron chi connectivity index (χ3n) is 5.78. The third kappa shape index (κ3) is 6.63. The van der Waals surface area contributed by atoms with Crippen molar-refractivity contribution in [3.8, 4) is 17.5 Å². The number of benzene rings is 1. The van der Waals surface area contributed by atoms with Crippen molar-refractivity contribution in [1.29, 1.82) is 0 Å². The second kappa shape index (κ2) is 12.6. The number of nitrogens with zero attached hydrogens (tertiary/aromatic N) is 7. The highest BCUT2D eigenvalue weighted by atomic mass is 32.1. The predicted octanol–water partition coefficient (Wildman–Crippen LogP) is 2.09. The molecule has 5 aromatic rings. The van der Waals surface area contributed by atoms with Crippen LogP contribution in [0.4, 0.5) is 15.2 Å². The summed E-state index contributed by atoms with van der Waals surface area (Å²) in [5.41, 5.74) is 5.98. The summed E-state index contributed by atoms with van der Waals surface area (Å²) in [6.07, 6.45) is 2.36. The molecule has 0 spiro atoms. The molecule has 226 valence electrons. The first kappa shape index (κ1) is 29.7. The van der Waals surface area contributed by atoms with E-state index in [-0.39, 0.29) is 46.4 Å². The summed E-state index contributed by atoms with van der Waals surface area (Å²) >= 11 is 0.688. The Morgan fingerprint density at radius 1 is 1.14 bits per heavy atom. The average Bonchev–Trinajstić information content (AvgIpc) is 3.76. The van der Waals surface area contributed by atoms with Gasteiger partial charge in [0.1, 0.15) is 30.9 Å². The van der Waals surface area contributed by atoms with Crippen LogP contribution in [0.5, 0.6) is 5.88 Å². The molecule has 0 saturated carbocycles. The van der Waals surface area contributed by atoms with E-state index >= 15 is 0 Å². The zero-order chi connectivity index (χ0) is 31.4. The van der Waals surface area contributed by atoms with Gasteiger partial charge in [0, 0.05) is 18.3 Å². The molecule has 5 rings (SSSR count). The van der Waals surface area contributed by atoms with Crippen LogP contribution < -0.4 is 15.8 Å². The zero-order valence-electron chi connectivity index (χ0n) is 22.2. The summed E-state index contributed by atoms with van der Waals surface area (Å²) in [4.78, 5) is 54.9. The number of carboxylic acid groups (broad SMARTS) is 1. The van der Waals surface area contributed by atoms with Crippen molar-refractivity contribution in [3.63, 3.8) is 0 Å². The molecule has 0 aliphatic rings. The number of amides is 1. The number of thiophene rings is 1. The van der Waals surface area contributed by atoms with Gasteiger partial charge in [-0.25, -0.2) is 13.8 Å². The van der Waals surface area contributed by atoms with Gasteiger partial charge in [0.25, 0.3) is 11.9 Å². The number of hydrogen-bond donors (Lipinski definition) is 3. The number of carbonyl (C=O) groups is 3. The molecule has 4 heterocycles. The van der Waals surface area contributed by atoms with Crippen molar-refractivity contribution < 1.29 is 38.3 Å². The largest absolute Gasteiger partial charge is 0.480 e. The highest BCUT2D eigenvalue weighted by Crippen LogP contribution is 2.28. The van der Waals surface area contributed by atoms with Crippen LogP contribution in [0.2, 0.25) is 0 Å². The lowest BCUT2D eigenvalue weighted by atomic mass is 10.2. The number of carboxylic acids is 1. The van der Waals surface area contributed by atoms with Gasteiger partial charge in [-0.1, -0.05) is 11.3 Å². The fourth-order valence-corrected chi connectivity index (χ4v) is 4.42. The Labute approximate surface area is 248 Å². The number of nitrogens with one attached hydrogen (secondary N) is 1. The first-order chi connectivity index (χ1) is 21.1. The smallest absolute Gasteiger partial charge is 0.324 e. The lowest BCUT2D eigenvalue weighted by Crippen LogP contribution is -2.33. The number of ether oxygens (including phenoxy) is 2. The number of aromatic nitrogens is 6. The van der Waals surface area contributed by atoms with Crippen molar-refractivity contribution >= 4 is 51.0 Å². The summed E-state index contributed by atoms with van der Waals surface area (Å²) in [5, 5.41) is 31.1. The second-order valence-corrected chi connectivity index (χ2v) is 9.87. The quantitative estimate of drug-likeness (QED) is 0.0781. The number of esters is 1. The minimum Gasteiger partial charge on any atom is -0.480 e. The lowest BCUT2D eigenvalue weighted by molar-refractivity contribution is -0.380.